The minimum absolute atomic E-state index is 0.166. The van der Waals surface area contributed by atoms with Crippen molar-refractivity contribution >= 4 is 0 Å². The molecular weight excluding hydrogens is 308 g/mol. The Hall–Kier alpha value is -0.320. The fraction of sp³-hybridized carbons (Fsp3) is 1.00. The SMILES string of the molecule is OC(COCC1CO1)COCC1(OCC2CO2)COCCOC1. The highest BCUT2D eigenvalue weighted by atomic mass is 16.6. The topological polar surface area (TPSA) is 91.4 Å². The Morgan fingerprint density at radius 2 is 1.57 bits per heavy atom. The number of rotatable bonds is 11. The number of hydrogen-bond acceptors (Lipinski definition) is 8. The van der Waals surface area contributed by atoms with Gasteiger partial charge in [-0.1, -0.05) is 0 Å². The van der Waals surface area contributed by atoms with Gasteiger partial charge >= 0.3 is 0 Å². The van der Waals surface area contributed by atoms with Gasteiger partial charge in [0.1, 0.15) is 23.9 Å². The van der Waals surface area contributed by atoms with Crippen molar-refractivity contribution in [1.29, 1.82) is 0 Å². The van der Waals surface area contributed by atoms with E-state index in [-0.39, 0.29) is 25.4 Å². The summed E-state index contributed by atoms with van der Waals surface area (Å²) >= 11 is 0. The smallest absolute Gasteiger partial charge is 0.138 e. The van der Waals surface area contributed by atoms with Crippen molar-refractivity contribution in [1.82, 2.24) is 0 Å². The summed E-state index contributed by atoms with van der Waals surface area (Å²) in [7, 11) is 0. The summed E-state index contributed by atoms with van der Waals surface area (Å²) in [4.78, 5) is 0. The number of ether oxygens (including phenoxy) is 7. The van der Waals surface area contributed by atoms with Gasteiger partial charge in [0.25, 0.3) is 0 Å². The molecule has 8 nitrogen and oxygen atoms in total. The van der Waals surface area contributed by atoms with Crippen LogP contribution in [0.5, 0.6) is 0 Å². The molecule has 8 heteroatoms. The summed E-state index contributed by atoms with van der Waals surface area (Å²) < 4.78 is 38.2. The van der Waals surface area contributed by atoms with Gasteiger partial charge in [-0.2, -0.15) is 0 Å². The highest BCUT2D eigenvalue weighted by Gasteiger charge is 2.37. The van der Waals surface area contributed by atoms with Crippen LogP contribution in [0.4, 0.5) is 0 Å². The van der Waals surface area contributed by atoms with Crippen LogP contribution in [0.3, 0.4) is 0 Å². The second-order valence-corrected chi connectivity index (χ2v) is 6.22. The molecule has 0 aromatic rings. The summed E-state index contributed by atoms with van der Waals surface area (Å²) in [5, 5.41) is 9.87. The second-order valence-electron chi connectivity index (χ2n) is 6.22. The van der Waals surface area contributed by atoms with Gasteiger partial charge in [0, 0.05) is 0 Å². The van der Waals surface area contributed by atoms with Crippen LogP contribution in [0.25, 0.3) is 0 Å². The number of hydrogen-bond donors (Lipinski definition) is 1. The highest BCUT2D eigenvalue weighted by Crippen LogP contribution is 2.20. The zero-order chi connectivity index (χ0) is 16.0. The van der Waals surface area contributed by atoms with Gasteiger partial charge in [-0.15, -0.1) is 0 Å². The zero-order valence-corrected chi connectivity index (χ0v) is 13.3. The Morgan fingerprint density at radius 3 is 2.22 bits per heavy atom. The maximum absolute atomic E-state index is 9.87. The van der Waals surface area contributed by atoms with Gasteiger partial charge in [-0.3, -0.25) is 0 Å². The molecule has 134 valence electrons. The Bertz CT molecular complexity index is 336. The van der Waals surface area contributed by atoms with Crippen molar-refractivity contribution in [3.63, 3.8) is 0 Å². The largest absolute Gasteiger partial charge is 0.388 e. The Morgan fingerprint density at radius 1 is 0.957 bits per heavy atom. The van der Waals surface area contributed by atoms with Crippen molar-refractivity contribution in [2.45, 2.75) is 23.9 Å². The average Bonchev–Trinajstić information content (AvgIpc) is 3.40. The quantitative estimate of drug-likeness (QED) is 0.480. The molecule has 0 aliphatic carbocycles. The third-order valence-corrected chi connectivity index (χ3v) is 3.77. The molecule has 3 rings (SSSR count). The van der Waals surface area contributed by atoms with Crippen molar-refractivity contribution in [2.75, 3.05) is 72.7 Å². The van der Waals surface area contributed by atoms with Crippen LogP contribution in [0.15, 0.2) is 0 Å². The van der Waals surface area contributed by atoms with E-state index in [1.54, 1.807) is 0 Å². The van der Waals surface area contributed by atoms with E-state index in [1.165, 1.54) is 0 Å². The van der Waals surface area contributed by atoms with E-state index in [0.717, 1.165) is 13.2 Å². The molecule has 0 radical (unpaired) electrons. The lowest BCUT2D eigenvalue weighted by Crippen LogP contribution is -2.47. The molecule has 3 saturated heterocycles. The maximum Gasteiger partial charge on any atom is 0.138 e. The molecule has 3 fully saturated rings. The van der Waals surface area contributed by atoms with Crippen LogP contribution >= 0.6 is 0 Å². The van der Waals surface area contributed by atoms with Crippen molar-refractivity contribution in [3.8, 4) is 0 Å². The molecule has 0 amide bonds. The molecule has 23 heavy (non-hydrogen) atoms. The molecular formula is C15H26O8. The van der Waals surface area contributed by atoms with Crippen molar-refractivity contribution < 1.29 is 38.3 Å². The van der Waals surface area contributed by atoms with Crippen LogP contribution < -0.4 is 0 Å². The fourth-order valence-electron chi connectivity index (χ4n) is 2.25. The molecule has 0 spiro atoms. The fourth-order valence-corrected chi connectivity index (χ4v) is 2.25. The molecule has 0 bridgehead atoms. The predicted octanol–water partition coefficient (Wildman–Crippen LogP) is -1.02. The Balaban J connectivity index is 1.35. The predicted molar refractivity (Wildman–Crippen MR) is 77.4 cm³/mol. The van der Waals surface area contributed by atoms with Crippen LogP contribution in [-0.4, -0.2) is 102 Å². The monoisotopic (exact) mass is 334 g/mol. The van der Waals surface area contributed by atoms with E-state index in [2.05, 4.69) is 0 Å². The maximum atomic E-state index is 9.87. The molecule has 3 atom stereocenters. The van der Waals surface area contributed by atoms with Gasteiger partial charge in [0.2, 0.25) is 0 Å². The lowest BCUT2D eigenvalue weighted by atomic mass is 10.1. The van der Waals surface area contributed by atoms with Crippen LogP contribution in [0.2, 0.25) is 0 Å². The summed E-state index contributed by atoms with van der Waals surface area (Å²) in [6.45, 7) is 5.12. The van der Waals surface area contributed by atoms with Gasteiger partial charge in [-0.05, 0) is 0 Å². The van der Waals surface area contributed by atoms with E-state index in [4.69, 9.17) is 33.2 Å². The summed E-state index contributed by atoms with van der Waals surface area (Å²) in [5.74, 6) is 0. The third-order valence-electron chi connectivity index (χ3n) is 3.77. The number of aliphatic hydroxyl groups excluding tert-OH is 1. The molecule has 3 aliphatic rings. The first-order valence-corrected chi connectivity index (χ1v) is 8.12. The van der Waals surface area contributed by atoms with Crippen molar-refractivity contribution in [3.05, 3.63) is 0 Å². The number of aliphatic hydroxyl groups is 1. The molecule has 3 aliphatic heterocycles. The average molecular weight is 334 g/mol. The van der Waals surface area contributed by atoms with Gasteiger partial charge in [0.15, 0.2) is 0 Å². The van der Waals surface area contributed by atoms with E-state index < -0.39 is 11.7 Å². The van der Waals surface area contributed by atoms with Crippen LogP contribution in [0, 0.1) is 0 Å². The second kappa shape index (κ2) is 8.68. The molecule has 3 heterocycles. The van der Waals surface area contributed by atoms with E-state index in [9.17, 15) is 5.11 Å². The molecule has 3 unspecified atom stereocenters. The summed E-state index contributed by atoms with van der Waals surface area (Å²) in [6, 6.07) is 0. The number of epoxide rings is 2. The first-order valence-electron chi connectivity index (χ1n) is 8.12. The van der Waals surface area contributed by atoms with E-state index >= 15 is 0 Å². The minimum Gasteiger partial charge on any atom is -0.388 e. The molecule has 1 N–H and O–H groups in total. The lowest BCUT2D eigenvalue weighted by Gasteiger charge is -2.31. The van der Waals surface area contributed by atoms with Gasteiger partial charge < -0.3 is 38.3 Å². The van der Waals surface area contributed by atoms with Gasteiger partial charge in [0.05, 0.1) is 72.7 Å². The Kier molecular flexibility index (Phi) is 6.61. The first kappa shape index (κ1) is 17.5. The van der Waals surface area contributed by atoms with Gasteiger partial charge in [-0.25, -0.2) is 0 Å². The van der Waals surface area contributed by atoms with E-state index in [0.29, 0.717) is 46.2 Å². The highest BCUT2D eigenvalue weighted by molar-refractivity contribution is 4.84. The lowest BCUT2D eigenvalue weighted by molar-refractivity contribution is -0.154. The molecule has 0 saturated carbocycles. The summed E-state index contributed by atoms with van der Waals surface area (Å²) in [5.41, 5.74) is -0.648. The first-order chi connectivity index (χ1) is 11.3. The third kappa shape index (κ3) is 6.60. The minimum atomic E-state index is -0.676. The standard InChI is InChI=1S/C15H26O8/c16-12(3-19-5-13-6-21-13)4-20-11-15(23-8-14-7-22-14)9-17-1-2-18-10-15/h12-14,16H,1-11H2. The van der Waals surface area contributed by atoms with Crippen molar-refractivity contribution in [2.24, 2.45) is 0 Å². The normalized spacial score (nSPS) is 30.7. The van der Waals surface area contributed by atoms with Crippen LogP contribution in [-0.2, 0) is 33.2 Å². The summed E-state index contributed by atoms with van der Waals surface area (Å²) in [6.07, 6.45) is -0.311. The molecule has 0 aromatic heterocycles. The molecule has 0 aromatic carbocycles. The van der Waals surface area contributed by atoms with Crippen LogP contribution in [0.1, 0.15) is 0 Å². The van der Waals surface area contributed by atoms with E-state index in [1.807, 2.05) is 0 Å². The zero-order valence-electron chi connectivity index (χ0n) is 13.3. The Labute approximate surface area is 135 Å².